The van der Waals surface area contributed by atoms with Gasteiger partial charge >= 0.3 is 0 Å². The van der Waals surface area contributed by atoms with E-state index in [1.807, 2.05) is 6.08 Å². The zero-order valence-electron chi connectivity index (χ0n) is 58.9. The highest BCUT2D eigenvalue weighted by Crippen LogP contribution is 2.30. The van der Waals surface area contributed by atoms with Crippen LogP contribution in [0.25, 0.3) is 0 Å². The molecule has 0 aromatic heterocycles. The lowest BCUT2D eigenvalue weighted by molar-refractivity contribution is -0.359. The van der Waals surface area contributed by atoms with Gasteiger partial charge in [-0.15, -0.1) is 0 Å². The molecular weight excluding hydrogens is 1180 g/mol. The first kappa shape index (κ1) is 86.5. The molecule has 14 heteroatoms. The molecule has 540 valence electrons. The van der Waals surface area contributed by atoms with Crippen LogP contribution in [0.3, 0.4) is 0 Å². The Bertz CT molecular complexity index is 2040. The number of rotatable bonds is 61. The van der Waals surface area contributed by atoms with Crippen LogP contribution in [-0.2, 0) is 23.7 Å². The van der Waals surface area contributed by atoms with Crippen LogP contribution in [0.4, 0.5) is 0 Å². The monoisotopic (exact) mass is 1320 g/mol. The lowest BCUT2D eigenvalue weighted by Crippen LogP contribution is -2.65. The second kappa shape index (κ2) is 62.9. The molecule has 0 aromatic carbocycles. The second-order valence-corrected chi connectivity index (χ2v) is 26.0. The number of ether oxygens (including phenoxy) is 4. The van der Waals surface area contributed by atoms with Gasteiger partial charge in [0.25, 0.3) is 0 Å². The molecule has 12 unspecified atom stereocenters. The molecule has 0 bridgehead atoms. The largest absolute Gasteiger partial charge is 0.394 e. The molecule has 2 saturated heterocycles. The fourth-order valence-corrected chi connectivity index (χ4v) is 11.7. The number of hydrogen-bond donors (Lipinski definition) is 9. The van der Waals surface area contributed by atoms with Gasteiger partial charge in [-0.2, -0.15) is 0 Å². The fourth-order valence-electron chi connectivity index (χ4n) is 11.7. The number of amides is 1. The molecule has 1 amide bonds. The van der Waals surface area contributed by atoms with Gasteiger partial charge in [-0.3, -0.25) is 4.79 Å². The number of hydrogen-bond acceptors (Lipinski definition) is 13. The van der Waals surface area contributed by atoms with Crippen molar-refractivity contribution in [2.75, 3.05) is 19.8 Å². The van der Waals surface area contributed by atoms with Crippen molar-refractivity contribution in [3.63, 3.8) is 0 Å². The molecule has 2 aliphatic rings. The maximum Gasteiger partial charge on any atom is 0.220 e. The maximum absolute atomic E-state index is 13.3. The molecule has 2 aliphatic heterocycles. The summed E-state index contributed by atoms with van der Waals surface area (Å²) in [6, 6.07) is -0.944. The summed E-state index contributed by atoms with van der Waals surface area (Å²) in [7, 11) is 0. The summed E-state index contributed by atoms with van der Waals surface area (Å²) in [6.45, 7) is 2.67. The van der Waals surface area contributed by atoms with E-state index in [1.165, 1.54) is 161 Å². The Morgan fingerprint density at radius 2 is 0.745 bits per heavy atom. The average Bonchev–Trinajstić information content (AvgIpc) is 0.794. The molecule has 0 aromatic rings. The zero-order chi connectivity index (χ0) is 68.0. The highest BCUT2D eigenvalue weighted by molar-refractivity contribution is 5.76. The number of aliphatic hydroxyl groups is 8. The number of allylic oxidation sites excluding steroid dienone is 19. The highest BCUT2D eigenvalue weighted by atomic mass is 16.7. The van der Waals surface area contributed by atoms with Gasteiger partial charge in [-0.25, -0.2) is 0 Å². The van der Waals surface area contributed by atoms with Crippen LogP contribution < -0.4 is 5.32 Å². The first-order valence-electron chi connectivity index (χ1n) is 37.8. The molecule has 9 N–H and O–H groups in total. The standard InChI is InChI=1S/C80H137NO13/c1-3-5-7-9-11-13-15-17-19-21-23-24-25-26-27-28-29-30-31-32-33-34-35-36-37-38-39-40-41-42-43-44-46-48-50-52-54-56-58-60-62-64-72(85)81-68(69(84)63-61-59-57-55-53-51-49-47-45-22-20-18-16-14-12-10-8-6-4-2)67-91-79-77(90)75(88)78(71(66-83)93-79)94-80-76(89)74(87)73(86)70(65-82)92-80/h5,7,11,13,17,19,23-24,26-27,29-30,32-33,45,47,53,55,61,63,68-71,73-80,82-84,86-90H,3-4,6,8-10,12,14-16,18,20-22,25,28,31,34-44,46,48-52,54,56-60,62,64-67H2,1-2H3,(H,81,85)/b7-5-,13-11-,19-17-,24-23-,27-26-,30-29-,33-32-,47-45+,55-53+,63-61+. The summed E-state index contributed by atoms with van der Waals surface area (Å²) < 4.78 is 22.8. The number of carbonyl (C=O) groups excluding carboxylic acids is 1. The van der Waals surface area contributed by atoms with Gasteiger partial charge in [-0.1, -0.05) is 296 Å². The first-order valence-corrected chi connectivity index (χ1v) is 37.8. The molecule has 2 rings (SSSR count). The highest BCUT2D eigenvalue weighted by Gasteiger charge is 2.51. The maximum atomic E-state index is 13.3. The summed E-state index contributed by atoms with van der Waals surface area (Å²) in [5.74, 6) is -0.253. The number of nitrogens with one attached hydrogen (secondary N) is 1. The average molecular weight is 1320 g/mol. The summed E-state index contributed by atoms with van der Waals surface area (Å²) in [6.07, 6.45) is 75.6. The van der Waals surface area contributed by atoms with E-state index < -0.39 is 86.8 Å². The van der Waals surface area contributed by atoms with Crippen LogP contribution in [0, 0.1) is 0 Å². The van der Waals surface area contributed by atoms with E-state index in [0.717, 1.165) is 89.9 Å². The van der Waals surface area contributed by atoms with E-state index in [4.69, 9.17) is 18.9 Å². The Balaban J connectivity index is 1.60. The Morgan fingerprint density at radius 1 is 0.394 bits per heavy atom. The Morgan fingerprint density at radius 3 is 1.17 bits per heavy atom. The summed E-state index contributed by atoms with van der Waals surface area (Å²) in [4.78, 5) is 13.3. The van der Waals surface area contributed by atoms with Crippen LogP contribution in [0.15, 0.2) is 122 Å². The van der Waals surface area contributed by atoms with Gasteiger partial charge in [0.05, 0.1) is 32.0 Å². The molecule has 94 heavy (non-hydrogen) atoms. The third-order valence-corrected chi connectivity index (χ3v) is 17.6. The quantitative estimate of drug-likeness (QED) is 0.0204. The molecular formula is C80H137NO13. The third-order valence-electron chi connectivity index (χ3n) is 17.6. The van der Waals surface area contributed by atoms with Crippen molar-refractivity contribution < 1.29 is 64.6 Å². The summed E-state index contributed by atoms with van der Waals surface area (Å²) >= 11 is 0. The van der Waals surface area contributed by atoms with Gasteiger partial charge < -0.3 is 65.1 Å². The van der Waals surface area contributed by atoms with Crippen LogP contribution in [0.1, 0.15) is 284 Å². The molecule has 2 heterocycles. The minimum Gasteiger partial charge on any atom is -0.394 e. The Kier molecular flexibility index (Phi) is 57.8. The van der Waals surface area contributed by atoms with Gasteiger partial charge in [-0.05, 0) is 103 Å². The Hall–Kier alpha value is -3.61. The predicted octanol–water partition coefficient (Wildman–Crippen LogP) is 16.5. The van der Waals surface area contributed by atoms with Crippen molar-refractivity contribution in [3.8, 4) is 0 Å². The number of carbonyl (C=O) groups is 1. The van der Waals surface area contributed by atoms with Gasteiger partial charge in [0, 0.05) is 6.42 Å². The zero-order valence-corrected chi connectivity index (χ0v) is 58.9. The van der Waals surface area contributed by atoms with E-state index in [1.54, 1.807) is 6.08 Å². The van der Waals surface area contributed by atoms with Crippen LogP contribution >= 0.6 is 0 Å². The smallest absolute Gasteiger partial charge is 0.220 e. The van der Waals surface area contributed by atoms with E-state index >= 15 is 0 Å². The van der Waals surface area contributed by atoms with E-state index in [-0.39, 0.29) is 18.9 Å². The lowest BCUT2D eigenvalue weighted by atomic mass is 9.97. The van der Waals surface area contributed by atoms with E-state index in [2.05, 4.69) is 129 Å². The number of unbranched alkanes of at least 4 members (excludes halogenated alkanes) is 30. The van der Waals surface area contributed by atoms with Crippen molar-refractivity contribution >= 4 is 5.91 Å². The second-order valence-electron chi connectivity index (χ2n) is 26.0. The molecule has 14 nitrogen and oxygen atoms in total. The topological polar surface area (TPSA) is 228 Å². The fraction of sp³-hybridized carbons (Fsp3) is 0.738. The van der Waals surface area contributed by atoms with Gasteiger partial charge in [0.1, 0.15) is 48.8 Å². The summed E-state index contributed by atoms with van der Waals surface area (Å²) in [5, 5.41) is 87.4. The van der Waals surface area contributed by atoms with Gasteiger partial charge in [0.15, 0.2) is 12.6 Å². The molecule has 0 radical (unpaired) electrons. The van der Waals surface area contributed by atoms with Crippen molar-refractivity contribution in [2.24, 2.45) is 0 Å². The van der Waals surface area contributed by atoms with Crippen LogP contribution in [-0.4, -0.2) is 140 Å². The third kappa shape index (κ3) is 45.8. The van der Waals surface area contributed by atoms with Crippen molar-refractivity contribution in [1.82, 2.24) is 5.32 Å². The predicted molar refractivity (Wildman–Crippen MR) is 387 cm³/mol. The first-order chi connectivity index (χ1) is 46.1. The van der Waals surface area contributed by atoms with E-state index in [9.17, 15) is 45.6 Å². The lowest BCUT2D eigenvalue weighted by Gasteiger charge is -2.46. The Labute approximate surface area is 571 Å². The van der Waals surface area contributed by atoms with Crippen LogP contribution in [0.5, 0.6) is 0 Å². The SMILES string of the molecule is CC/C=C\C/C=C\C/C=C\C/C=C\C/C=C\C/C=C\C/C=C\CCCCCCCCCCCCCCCCCCCCCC(=O)NC(COC1OC(CO)C(OC2OC(CO)C(O)C(O)C2O)C(O)C1O)C(O)/C=C/CC/C=C/CC/C=C/CCCCCCCCCCC. The van der Waals surface area contributed by atoms with Crippen molar-refractivity contribution in [2.45, 2.75) is 357 Å². The number of aliphatic hydroxyl groups excluding tert-OH is 8. The molecule has 2 fully saturated rings. The minimum absolute atomic E-state index is 0.253. The van der Waals surface area contributed by atoms with E-state index in [0.29, 0.717) is 12.8 Å². The molecule has 0 aliphatic carbocycles. The molecule has 0 spiro atoms. The molecule has 0 saturated carbocycles. The summed E-state index contributed by atoms with van der Waals surface area (Å²) in [5.41, 5.74) is 0. The van der Waals surface area contributed by atoms with Crippen LogP contribution in [0.2, 0.25) is 0 Å². The normalized spacial score (nSPS) is 23.2. The van der Waals surface area contributed by atoms with Crippen molar-refractivity contribution in [1.29, 1.82) is 0 Å². The minimum atomic E-state index is -1.80. The molecule has 12 atom stereocenters. The van der Waals surface area contributed by atoms with Crippen molar-refractivity contribution in [3.05, 3.63) is 122 Å². The van der Waals surface area contributed by atoms with Gasteiger partial charge in [0.2, 0.25) is 5.91 Å².